The Labute approximate surface area is 376 Å². The Bertz CT molecular complexity index is 3080. The van der Waals surface area contributed by atoms with Crippen LogP contribution in [0.2, 0.25) is 0 Å². The van der Waals surface area contributed by atoms with E-state index in [0.717, 1.165) is 67.3 Å². The van der Waals surface area contributed by atoms with Gasteiger partial charge in [0.2, 0.25) is 0 Å². The molecule has 0 spiro atoms. The van der Waals surface area contributed by atoms with Crippen molar-refractivity contribution >= 4 is 5.57 Å². The van der Waals surface area contributed by atoms with Gasteiger partial charge >= 0.3 is 0 Å². The van der Waals surface area contributed by atoms with Crippen LogP contribution in [0.4, 0.5) is 0 Å². The van der Waals surface area contributed by atoms with E-state index in [4.69, 9.17) is 19.9 Å². The lowest BCUT2D eigenvalue weighted by molar-refractivity contribution is 0.641. The minimum absolute atomic E-state index is 0.291. The van der Waals surface area contributed by atoms with Gasteiger partial charge in [0.15, 0.2) is 11.6 Å². The number of hydrogen-bond donors (Lipinski definition) is 0. The molecular formula is C60H48N4. The molecule has 0 fully saturated rings. The first kappa shape index (κ1) is 41.3. The van der Waals surface area contributed by atoms with E-state index in [-0.39, 0.29) is 5.41 Å². The fourth-order valence-corrected chi connectivity index (χ4v) is 8.05. The number of nitrogens with zero attached hydrogens (tertiary/aromatic N) is 4. The summed E-state index contributed by atoms with van der Waals surface area (Å²) in [7, 11) is 0. The molecule has 4 nitrogen and oxygen atoms in total. The van der Waals surface area contributed by atoms with E-state index in [2.05, 4.69) is 184 Å². The molecule has 9 aromatic rings. The highest BCUT2D eigenvalue weighted by Gasteiger charge is 2.24. The van der Waals surface area contributed by atoms with Crippen LogP contribution in [0.3, 0.4) is 0 Å². The van der Waals surface area contributed by atoms with Gasteiger partial charge in [0.25, 0.3) is 0 Å². The lowest BCUT2D eigenvalue weighted by atomic mass is 9.77. The van der Waals surface area contributed by atoms with Gasteiger partial charge in [0.05, 0.1) is 22.8 Å². The second-order valence-corrected chi connectivity index (χ2v) is 16.3. The molecule has 0 unspecified atom stereocenters. The van der Waals surface area contributed by atoms with Gasteiger partial charge in [0.1, 0.15) is 0 Å². The van der Waals surface area contributed by atoms with E-state index >= 15 is 0 Å². The SMILES string of the molecule is C=C/C=C(\C=C/C)c1ccc(-c2cc(-c3ccccc3)nc(-c3ccc(C(C)(C)c4ccc(-c5nc(-c6ccccc6)cc(-c6ccc(-c7ccccc7)cc6)n5)cc4)cc3)n2)cc1. The predicted molar refractivity (Wildman–Crippen MR) is 267 cm³/mol. The average molecular weight is 825 g/mol. The summed E-state index contributed by atoms with van der Waals surface area (Å²) in [5, 5.41) is 0. The van der Waals surface area contributed by atoms with E-state index in [1.165, 1.54) is 22.3 Å². The molecule has 0 bridgehead atoms. The molecular weight excluding hydrogens is 777 g/mol. The van der Waals surface area contributed by atoms with Crippen LogP contribution in [0.5, 0.6) is 0 Å². The predicted octanol–water partition coefficient (Wildman–Crippen LogP) is 15.4. The van der Waals surface area contributed by atoms with Gasteiger partial charge in [-0.25, -0.2) is 19.9 Å². The normalized spacial score (nSPS) is 11.8. The topological polar surface area (TPSA) is 51.6 Å². The summed E-state index contributed by atoms with van der Waals surface area (Å²) in [5.41, 5.74) is 16.2. The molecule has 4 heteroatoms. The second-order valence-electron chi connectivity index (χ2n) is 16.3. The number of benzene rings is 7. The van der Waals surface area contributed by atoms with Crippen LogP contribution in [-0.2, 0) is 5.41 Å². The summed E-state index contributed by atoms with van der Waals surface area (Å²) in [5.74, 6) is 1.37. The number of rotatable bonds is 12. The van der Waals surface area contributed by atoms with Crippen molar-refractivity contribution in [1.82, 2.24) is 19.9 Å². The second kappa shape index (κ2) is 18.5. The zero-order valence-electron chi connectivity index (χ0n) is 36.4. The zero-order valence-corrected chi connectivity index (χ0v) is 36.4. The van der Waals surface area contributed by atoms with Crippen molar-refractivity contribution in [2.75, 3.05) is 0 Å². The third-order valence-corrected chi connectivity index (χ3v) is 11.8. The van der Waals surface area contributed by atoms with Gasteiger partial charge in [-0.1, -0.05) is 233 Å². The Balaban J connectivity index is 1.01. The number of hydrogen-bond acceptors (Lipinski definition) is 4. The molecule has 0 amide bonds. The highest BCUT2D eigenvalue weighted by molar-refractivity contribution is 5.78. The van der Waals surface area contributed by atoms with Crippen LogP contribution in [-0.4, -0.2) is 19.9 Å². The van der Waals surface area contributed by atoms with Crippen LogP contribution in [0.1, 0.15) is 37.5 Å². The van der Waals surface area contributed by atoms with Crippen LogP contribution in [0, 0.1) is 0 Å². The summed E-state index contributed by atoms with van der Waals surface area (Å²) in [6.45, 7) is 10.4. The summed E-state index contributed by atoms with van der Waals surface area (Å²) >= 11 is 0. The first-order chi connectivity index (χ1) is 31.4. The van der Waals surface area contributed by atoms with Crippen molar-refractivity contribution < 1.29 is 0 Å². The zero-order chi connectivity index (χ0) is 43.9. The standard InChI is InChI=1S/C60H48N4/c1-5-16-42(17-6-2)44-24-28-48(29-25-44)56-40-54(46-20-12-8-13-21-46)61-58(63-56)50-32-36-52(37-33-50)60(3,4)53-38-34-51(35-39-53)59-62-55(47-22-14-9-15-23-47)41-57(64-59)49-30-26-45(27-31-49)43-18-10-7-11-19-43/h5-41H,1H2,2-4H3/b17-6-,42-16+. The van der Waals surface area contributed by atoms with Gasteiger partial charge in [-0.3, -0.25) is 0 Å². The van der Waals surface area contributed by atoms with Gasteiger partial charge in [0, 0.05) is 38.8 Å². The van der Waals surface area contributed by atoms with Gasteiger partial charge < -0.3 is 0 Å². The summed E-state index contributed by atoms with van der Waals surface area (Å²) < 4.78 is 0. The van der Waals surface area contributed by atoms with E-state index in [1.807, 2.05) is 67.6 Å². The first-order valence-electron chi connectivity index (χ1n) is 21.7. The molecule has 9 rings (SSSR count). The van der Waals surface area contributed by atoms with Crippen molar-refractivity contribution in [3.63, 3.8) is 0 Å². The molecule has 64 heavy (non-hydrogen) atoms. The largest absolute Gasteiger partial charge is 0.228 e. The maximum absolute atomic E-state index is 5.13. The maximum atomic E-state index is 5.13. The van der Waals surface area contributed by atoms with E-state index in [1.54, 1.807) is 0 Å². The fourth-order valence-electron chi connectivity index (χ4n) is 8.05. The van der Waals surface area contributed by atoms with Crippen LogP contribution in [0.15, 0.2) is 231 Å². The average Bonchev–Trinajstić information content (AvgIpc) is 3.37. The monoisotopic (exact) mass is 824 g/mol. The quantitative estimate of drug-likeness (QED) is 0.115. The van der Waals surface area contributed by atoms with Crippen molar-refractivity contribution in [1.29, 1.82) is 0 Å². The molecule has 0 radical (unpaired) electrons. The maximum Gasteiger partial charge on any atom is 0.160 e. The Morgan fingerprint density at radius 2 is 0.734 bits per heavy atom. The molecule has 308 valence electrons. The van der Waals surface area contributed by atoms with Crippen LogP contribution >= 0.6 is 0 Å². The molecule has 0 aliphatic carbocycles. The fraction of sp³-hybridized carbons (Fsp3) is 0.0667. The van der Waals surface area contributed by atoms with Crippen LogP contribution < -0.4 is 0 Å². The van der Waals surface area contributed by atoms with Gasteiger partial charge in [-0.05, 0) is 52.4 Å². The van der Waals surface area contributed by atoms with Gasteiger partial charge in [-0.15, -0.1) is 0 Å². The van der Waals surface area contributed by atoms with Crippen molar-refractivity contribution in [2.45, 2.75) is 26.2 Å². The lowest BCUT2D eigenvalue weighted by Gasteiger charge is -2.26. The molecule has 2 aromatic heterocycles. The van der Waals surface area contributed by atoms with Gasteiger partial charge in [-0.2, -0.15) is 0 Å². The Kier molecular flexibility index (Phi) is 11.9. The van der Waals surface area contributed by atoms with Crippen molar-refractivity contribution in [3.05, 3.63) is 248 Å². The Morgan fingerprint density at radius 3 is 1.12 bits per heavy atom. The third kappa shape index (κ3) is 8.95. The molecule has 0 aliphatic heterocycles. The molecule has 0 saturated carbocycles. The van der Waals surface area contributed by atoms with Crippen molar-refractivity contribution in [2.24, 2.45) is 0 Å². The van der Waals surface area contributed by atoms with Crippen LogP contribution in [0.25, 0.3) is 84.5 Å². The van der Waals surface area contributed by atoms with E-state index in [9.17, 15) is 0 Å². The number of allylic oxidation sites excluding steroid dienone is 5. The van der Waals surface area contributed by atoms with Crippen molar-refractivity contribution in [3.8, 4) is 78.9 Å². The molecule has 0 N–H and O–H groups in total. The number of aromatic nitrogens is 4. The minimum atomic E-state index is -0.291. The third-order valence-electron chi connectivity index (χ3n) is 11.8. The molecule has 7 aromatic carbocycles. The highest BCUT2D eigenvalue weighted by Crippen LogP contribution is 2.36. The smallest absolute Gasteiger partial charge is 0.160 e. The summed E-state index contributed by atoms with van der Waals surface area (Å²) in [4.78, 5) is 20.5. The Morgan fingerprint density at radius 1 is 0.406 bits per heavy atom. The summed E-state index contributed by atoms with van der Waals surface area (Å²) in [6, 6.07) is 69.7. The molecule has 0 saturated heterocycles. The summed E-state index contributed by atoms with van der Waals surface area (Å²) in [6.07, 6.45) is 7.98. The highest BCUT2D eigenvalue weighted by atomic mass is 14.9. The first-order valence-corrected chi connectivity index (χ1v) is 21.7. The minimum Gasteiger partial charge on any atom is -0.228 e. The molecule has 2 heterocycles. The van der Waals surface area contributed by atoms with E-state index in [0.29, 0.717) is 11.6 Å². The molecule has 0 atom stereocenters. The Hall–Kier alpha value is -8.08. The lowest BCUT2D eigenvalue weighted by Crippen LogP contribution is -2.18. The molecule has 0 aliphatic rings. The van der Waals surface area contributed by atoms with E-state index < -0.39 is 0 Å².